The smallest absolute Gasteiger partial charge is 0.304 e. The number of methoxy groups -OCH3 is 1. The first kappa shape index (κ1) is 13.6. The summed E-state index contributed by atoms with van der Waals surface area (Å²) in [7, 11) is 1.58. The number of aromatic nitrogens is 2. The Morgan fingerprint density at radius 3 is 2.89 bits per heavy atom. The van der Waals surface area contributed by atoms with Gasteiger partial charge in [-0.1, -0.05) is 6.07 Å². The molecule has 0 aliphatic heterocycles. The van der Waals surface area contributed by atoms with E-state index in [1.54, 1.807) is 25.6 Å². The Morgan fingerprint density at radius 2 is 2.37 bits per heavy atom. The first-order valence-electron chi connectivity index (χ1n) is 5.66. The second-order valence-corrected chi connectivity index (χ2v) is 4.87. The van der Waals surface area contributed by atoms with Crippen molar-refractivity contribution in [2.24, 2.45) is 0 Å². The van der Waals surface area contributed by atoms with Crippen LogP contribution in [0.2, 0.25) is 0 Å². The van der Waals surface area contributed by atoms with Crippen molar-refractivity contribution in [2.45, 2.75) is 12.3 Å². The fourth-order valence-corrected chi connectivity index (χ4v) is 2.47. The lowest BCUT2D eigenvalue weighted by Gasteiger charge is -2.14. The van der Waals surface area contributed by atoms with E-state index in [0.29, 0.717) is 11.6 Å². The molecule has 1 unspecified atom stereocenters. The summed E-state index contributed by atoms with van der Waals surface area (Å²) >= 11 is 3.40. The number of benzene rings is 1. The lowest BCUT2D eigenvalue weighted by Crippen LogP contribution is -2.09. The van der Waals surface area contributed by atoms with Gasteiger partial charge >= 0.3 is 5.97 Å². The number of hydrogen-bond acceptors (Lipinski definition) is 3. The molecular formula is C13H13BrN2O3. The number of ether oxygens (including phenoxy) is 1. The summed E-state index contributed by atoms with van der Waals surface area (Å²) in [6.45, 7) is 0. The molecule has 2 rings (SSSR count). The molecule has 0 fully saturated rings. The summed E-state index contributed by atoms with van der Waals surface area (Å²) in [6, 6.07) is 5.51. The molecule has 0 radical (unpaired) electrons. The number of aromatic amines is 1. The topological polar surface area (TPSA) is 75.2 Å². The van der Waals surface area contributed by atoms with E-state index in [0.717, 1.165) is 10.0 Å². The molecule has 2 aromatic rings. The van der Waals surface area contributed by atoms with Gasteiger partial charge in [-0.2, -0.15) is 0 Å². The minimum atomic E-state index is -0.867. The summed E-state index contributed by atoms with van der Waals surface area (Å²) in [6.07, 6.45) is 3.28. The second-order valence-electron chi connectivity index (χ2n) is 4.02. The Kier molecular flexibility index (Phi) is 4.21. The van der Waals surface area contributed by atoms with Crippen LogP contribution in [0.5, 0.6) is 5.75 Å². The van der Waals surface area contributed by atoms with E-state index in [4.69, 9.17) is 9.84 Å². The monoisotopic (exact) mass is 324 g/mol. The fourth-order valence-electron chi connectivity index (χ4n) is 1.91. The van der Waals surface area contributed by atoms with Crippen LogP contribution < -0.4 is 4.74 Å². The number of carbonyl (C=O) groups is 1. The van der Waals surface area contributed by atoms with Gasteiger partial charge in [0, 0.05) is 12.4 Å². The zero-order valence-corrected chi connectivity index (χ0v) is 11.8. The molecule has 0 amide bonds. The zero-order chi connectivity index (χ0) is 13.8. The average molecular weight is 325 g/mol. The van der Waals surface area contributed by atoms with Gasteiger partial charge < -0.3 is 14.8 Å². The third-order valence-corrected chi connectivity index (χ3v) is 3.43. The number of halogens is 1. The molecule has 0 saturated carbocycles. The SMILES string of the molecule is COc1ccc(C(CC(=O)O)c2ncc[nH]2)cc1Br. The molecule has 0 spiro atoms. The Bertz CT molecular complexity index is 569. The molecule has 2 N–H and O–H groups in total. The highest BCUT2D eigenvalue weighted by Crippen LogP contribution is 2.32. The van der Waals surface area contributed by atoms with Crippen molar-refractivity contribution in [2.75, 3.05) is 7.11 Å². The van der Waals surface area contributed by atoms with Crippen LogP contribution in [0, 0.1) is 0 Å². The van der Waals surface area contributed by atoms with Crippen molar-refractivity contribution < 1.29 is 14.6 Å². The highest BCUT2D eigenvalue weighted by Gasteiger charge is 2.21. The first-order chi connectivity index (χ1) is 9.11. The molecule has 1 aromatic carbocycles. The number of imidazole rings is 1. The van der Waals surface area contributed by atoms with Crippen LogP contribution in [0.1, 0.15) is 23.7 Å². The van der Waals surface area contributed by atoms with Crippen LogP contribution in [0.3, 0.4) is 0 Å². The maximum Gasteiger partial charge on any atom is 0.304 e. The van der Waals surface area contributed by atoms with Crippen LogP contribution in [0.25, 0.3) is 0 Å². The Labute approximate surface area is 118 Å². The third kappa shape index (κ3) is 3.14. The average Bonchev–Trinajstić information content (AvgIpc) is 2.89. The predicted octanol–water partition coefficient (Wildman–Crippen LogP) is 2.79. The molecule has 1 atom stereocenters. The third-order valence-electron chi connectivity index (χ3n) is 2.81. The van der Waals surface area contributed by atoms with E-state index in [1.165, 1.54) is 0 Å². The van der Waals surface area contributed by atoms with Gasteiger partial charge in [-0.3, -0.25) is 4.79 Å². The van der Waals surface area contributed by atoms with Gasteiger partial charge in [0.05, 0.1) is 23.9 Å². The summed E-state index contributed by atoms with van der Waals surface area (Å²) < 4.78 is 5.95. The molecule has 6 heteroatoms. The quantitative estimate of drug-likeness (QED) is 0.886. The van der Waals surface area contributed by atoms with Crippen molar-refractivity contribution in [3.63, 3.8) is 0 Å². The van der Waals surface area contributed by atoms with Crippen molar-refractivity contribution in [3.8, 4) is 5.75 Å². The molecule has 1 aromatic heterocycles. The van der Waals surface area contributed by atoms with E-state index in [1.807, 2.05) is 12.1 Å². The van der Waals surface area contributed by atoms with Gasteiger partial charge in [-0.05, 0) is 33.6 Å². The lowest BCUT2D eigenvalue weighted by atomic mass is 9.95. The van der Waals surface area contributed by atoms with Gasteiger partial charge in [-0.25, -0.2) is 4.98 Å². The van der Waals surface area contributed by atoms with Gasteiger partial charge in [0.2, 0.25) is 0 Å². The zero-order valence-electron chi connectivity index (χ0n) is 10.3. The number of H-pyrrole nitrogens is 1. The van der Waals surface area contributed by atoms with Crippen molar-refractivity contribution in [1.29, 1.82) is 0 Å². The van der Waals surface area contributed by atoms with E-state index in [2.05, 4.69) is 25.9 Å². The first-order valence-corrected chi connectivity index (χ1v) is 6.45. The van der Waals surface area contributed by atoms with Crippen molar-refractivity contribution in [1.82, 2.24) is 9.97 Å². The largest absolute Gasteiger partial charge is 0.496 e. The molecule has 19 heavy (non-hydrogen) atoms. The molecule has 100 valence electrons. The molecule has 0 aliphatic carbocycles. The molecule has 5 nitrogen and oxygen atoms in total. The number of nitrogens with zero attached hydrogens (tertiary/aromatic N) is 1. The number of hydrogen-bond donors (Lipinski definition) is 2. The van der Waals surface area contributed by atoms with E-state index < -0.39 is 5.97 Å². The van der Waals surface area contributed by atoms with Crippen molar-refractivity contribution in [3.05, 3.63) is 46.5 Å². The normalized spacial score (nSPS) is 12.1. The fraction of sp³-hybridized carbons (Fsp3) is 0.231. The highest BCUT2D eigenvalue weighted by molar-refractivity contribution is 9.10. The number of nitrogens with one attached hydrogen (secondary N) is 1. The Morgan fingerprint density at radius 1 is 1.58 bits per heavy atom. The van der Waals surface area contributed by atoms with E-state index in [-0.39, 0.29) is 12.3 Å². The van der Waals surface area contributed by atoms with Gasteiger partial charge in [0.1, 0.15) is 11.6 Å². The minimum Gasteiger partial charge on any atom is -0.496 e. The van der Waals surface area contributed by atoms with E-state index >= 15 is 0 Å². The second kappa shape index (κ2) is 5.88. The number of rotatable bonds is 5. The van der Waals surface area contributed by atoms with Crippen LogP contribution in [0.15, 0.2) is 35.1 Å². The lowest BCUT2D eigenvalue weighted by molar-refractivity contribution is -0.137. The molecule has 0 bridgehead atoms. The number of carboxylic acid groups (broad SMARTS) is 1. The standard InChI is InChI=1S/C13H13BrN2O3/c1-19-11-3-2-8(6-10(11)14)9(7-12(17)18)13-15-4-5-16-13/h2-6,9H,7H2,1H3,(H,15,16)(H,17,18). The predicted molar refractivity (Wildman–Crippen MR) is 73.4 cm³/mol. The molecule has 0 aliphatic rings. The minimum absolute atomic E-state index is 0.0215. The van der Waals surface area contributed by atoms with Gasteiger partial charge in [-0.15, -0.1) is 0 Å². The van der Waals surface area contributed by atoms with Gasteiger partial charge in [0.25, 0.3) is 0 Å². The summed E-state index contributed by atoms with van der Waals surface area (Å²) in [5.74, 6) is 0.166. The van der Waals surface area contributed by atoms with Crippen LogP contribution in [-0.4, -0.2) is 28.2 Å². The highest BCUT2D eigenvalue weighted by atomic mass is 79.9. The summed E-state index contributed by atoms with van der Waals surface area (Å²) in [4.78, 5) is 18.1. The van der Waals surface area contributed by atoms with Crippen molar-refractivity contribution >= 4 is 21.9 Å². The summed E-state index contributed by atoms with van der Waals surface area (Å²) in [5, 5.41) is 9.04. The van der Waals surface area contributed by atoms with Gasteiger partial charge in [0.15, 0.2) is 0 Å². The van der Waals surface area contributed by atoms with Crippen LogP contribution in [-0.2, 0) is 4.79 Å². The molecule has 0 saturated heterocycles. The number of carboxylic acids is 1. The maximum absolute atomic E-state index is 11.0. The van der Waals surface area contributed by atoms with Crippen LogP contribution in [0.4, 0.5) is 0 Å². The molecular weight excluding hydrogens is 312 g/mol. The number of aliphatic carboxylic acids is 1. The summed E-state index contributed by atoms with van der Waals surface area (Å²) in [5.41, 5.74) is 0.866. The van der Waals surface area contributed by atoms with E-state index in [9.17, 15) is 4.79 Å². The molecule has 1 heterocycles. The maximum atomic E-state index is 11.0. The Hall–Kier alpha value is -1.82. The Balaban J connectivity index is 2.38. The van der Waals surface area contributed by atoms with Crippen LogP contribution >= 0.6 is 15.9 Å².